The highest BCUT2D eigenvalue weighted by Gasteiger charge is 2.23. The van der Waals surface area contributed by atoms with Gasteiger partial charge in [-0.05, 0) is 24.6 Å². The number of imidazole rings is 1. The molecule has 1 aromatic carbocycles. The number of halogens is 2. The average Bonchev–Trinajstić information content (AvgIpc) is 3.06. The van der Waals surface area contributed by atoms with Gasteiger partial charge in [0, 0.05) is 50.1 Å². The maximum absolute atomic E-state index is 12.4. The van der Waals surface area contributed by atoms with Crippen molar-refractivity contribution in [3.63, 3.8) is 0 Å². The van der Waals surface area contributed by atoms with E-state index in [4.69, 9.17) is 11.6 Å². The van der Waals surface area contributed by atoms with Gasteiger partial charge in [0.15, 0.2) is 0 Å². The zero-order valence-corrected chi connectivity index (χ0v) is 15.3. The van der Waals surface area contributed by atoms with Crippen molar-refractivity contribution in [1.29, 1.82) is 0 Å². The van der Waals surface area contributed by atoms with Crippen LogP contribution >= 0.6 is 24.0 Å². The Morgan fingerprint density at radius 2 is 1.83 bits per heavy atom. The summed E-state index contributed by atoms with van der Waals surface area (Å²) in [5.41, 5.74) is 1.00. The van der Waals surface area contributed by atoms with E-state index in [0.717, 1.165) is 44.2 Å². The number of anilines is 1. The lowest BCUT2D eigenvalue weighted by Gasteiger charge is -2.35. The summed E-state index contributed by atoms with van der Waals surface area (Å²) in [6.07, 6.45) is 4.26. The van der Waals surface area contributed by atoms with Crippen LogP contribution < -0.4 is 4.90 Å². The number of benzene rings is 1. The molecule has 0 spiro atoms. The third-order valence-electron chi connectivity index (χ3n) is 4.22. The van der Waals surface area contributed by atoms with E-state index in [1.54, 1.807) is 0 Å². The molecule has 7 heteroatoms. The number of carbonyl (C=O) groups excluding carboxylic acids is 1. The van der Waals surface area contributed by atoms with Crippen molar-refractivity contribution >= 4 is 35.9 Å². The average molecular weight is 369 g/mol. The van der Waals surface area contributed by atoms with Gasteiger partial charge < -0.3 is 14.4 Å². The van der Waals surface area contributed by atoms with Crippen LogP contribution in [0.5, 0.6) is 0 Å². The van der Waals surface area contributed by atoms with Crippen molar-refractivity contribution in [2.45, 2.75) is 19.9 Å². The first-order valence-corrected chi connectivity index (χ1v) is 8.33. The SMILES string of the molecule is CCn1ccnc1N1CCN(C(=O)Cc2ccc(Cl)cc2)CC1.Cl. The lowest BCUT2D eigenvalue weighted by atomic mass is 10.1. The summed E-state index contributed by atoms with van der Waals surface area (Å²) in [4.78, 5) is 21.0. The molecule has 3 rings (SSSR count). The zero-order chi connectivity index (χ0) is 16.2. The van der Waals surface area contributed by atoms with Crippen molar-refractivity contribution in [3.8, 4) is 0 Å². The molecule has 1 amide bonds. The maximum atomic E-state index is 12.4. The fraction of sp³-hybridized carbons (Fsp3) is 0.412. The van der Waals surface area contributed by atoms with E-state index >= 15 is 0 Å². The van der Waals surface area contributed by atoms with E-state index in [1.807, 2.05) is 41.6 Å². The minimum atomic E-state index is 0. The van der Waals surface area contributed by atoms with Crippen LogP contribution in [0, 0.1) is 0 Å². The summed E-state index contributed by atoms with van der Waals surface area (Å²) >= 11 is 5.88. The lowest BCUT2D eigenvalue weighted by molar-refractivity contribution is -0.130. The maximum Gasteiger partial charge on any atom is 0.227 e. The molecule has 1 aliphatic rings. The van der Waals surface area contributed by atoms with Crippen LogP contribution in [0.25, 0.3) is 0 Å². The van der Waals surface area contributed by atoms with Crippen LogP contribution in [0.1, 0.15) is 12.5 Å². The fourth-order valence-electron chi connectivity index (χ4n) is 2.88. The number of nitrogens with zero attached hydrogens (tertiary/aromatic N) is 4. The van der Waals surface area contributed by atoms with Gasteiger partial charge in [-0.25, -0.2) is 4.98 Å². The highest BCUT2D eigenvalue weighted by atomic mass is 35.5. The van der Waals surface area contributed by atoms with Crippen LogP contribution in [0.2, 0.25) is 5.02 Å². The smallest absolute Gasteiger partial charge is 0.227 e. The highest BCUT2D eigenvalue weighted by Crippen LogP contribution is 2.16. The number of hydrogen-bond donors (Lipinski definition) is 0. The predicted molar refractivity (Wildman–Crippen MR) is 99.1 cm³/mol. The van der Waals surface area contributed by atoms with Crippen LogP contribution in [-0.2, 0) is 17.8 Å². The molecule has 1 aromatic heterocycles. The first-order valence-electron chi connectivity index (χ1n) is 7.95. The second-order valence-electron chi connectivity index (χ2n) is 5.68. The normalized spacial score (nSPS) is 14.4. The largest absolute Gasteiger partial charge is 0.339 e. The van der Waals surface area contributed by atoms with Gasteiger partial charge in [-0.1, -0.05) is 23.7 Å². The third-order valence-corrected chi connectivity index (χ3v) is 4.47. The van der Waals surface area contributed by atoms with E-state index in [1.165, 1.54) is 0 Å². The minimum absolute atomic E-state index is 0. The van der Waals surface area contributed by atoms with E-state index in [-0.39, 0.29) is 18.3 Å². The van der Waals surface area contributed by atoms with Crippen molar-refractivity contribution in [1.82, 2.24) is 14.5 Å². The van der Waals surface area contributed by atoms with Crippen LogP contribution in [0.4, 0.5) is 5.95 Å². The van der Waals surface area contributed by atoms with Gasteiger partial charge >= 0.3 is 0 Å². The molecule has 1 fully saturated rings. The Labute approximate surface area is 153 Å². The Morgan fingerprint density at radius 1 is 1.17 bits per heavy atom. The molecule has 1 saturated heterocycles. The molecule has 0 saturated carbocycles. The molecule has 130 valence electrons. The first kappa shape index (κ1) is 18.6. The molecule has 2 aromatic rings. The van der Waals surface area contributed by atoms with Crippen molar-refractivity contribution in [2.75, 3.05) is 31.1 Å². The van der Waals surface area contributed by atoms with Gasteiger partial charge in [0.25, 0.3) is 0 Å². The van der Waals surface area contributed by atoms with Gasteiger partial charge in [-0.3, -0.25) is 4.79 Å². The Kier molecular flexibility index (Phi) is 6.52. The predicted octanol–water partition coefficient (Wildman–Crippen LogP) is 2.87. The van der Waals surface area contributed by atoms with Crippen LogP contribution in [0.15, 0.2) is 36.7 Å². The number of rotatable bonds is 4. The number of aryl methyl sites for hydroxylation is 1. The summed E-state index contributed by atoms with van der Waals surface area (Å²) < 4.78 is 2.13. The zero-order valence-electron chi connectivity index (χ0n) is 13.7. The van der Waals surface area contributed by atoms with Gasteiger partial charge in [-0.15, -0.1) is 12.4 Å². The van der Waals surface area contributed by atoms with Gasteiger partial charge in [0.2, 0.25) is 11.9 Å². The van der Waals surface area contributed by atoms with Gasteiger partial charge in [0.05, 0.1) is 6.42 Å². The summed E-state index contributed by atoms with van der Waals surface area (Å²) in [5, 5.41) is 0.696. The second kappa shape index (κ2) is 8.40. The number of hydrogen-bond acceptors (Lipinski definition) is 3. The van der Waals surface area contributed by atoms with Crippen LogP contribution in [0.3, 0.4) is 0 Å². The fourth-order valence-corrected chi connectivity index (χ4v) is 3.00. The summed E-state index contributed by atoms with van der Waals surface area (Å²) in [6.45, 7) is 6.14. The molecule has 0 unspecified atom stereocenters. The molecule has 0 N–H and O–H groups in total. The number of amides is 1. The summed E-state index contributed by atoms with van der Waals surface area (Å²) in [7, 11) is 0. The van der Waals surface area contributed by atoms with Gasteiger partial charge in [0.1, 0.15) is 0 Å². The quantitative estimate of drug-likeness (QED) is 0.832. The molecule has 5 nitrogen and oxygen atoms in total. The molecular weight excluding hydrogens is 347 g/mol. The third kappa shape index (κ3) is 4.22. The topological polar surface area (TPSA) is 41.4 Å². The van der Waals surface area contributed by atoms with E-state index in [0.29, 0.717) is 11.4 Å². The second-order valence-corrected chi connectivity index (χ2v) is 6.12. The van der Waals surface area contributed by atoms with Crippen molar-refractivity contribution in [2.24, 2.45) is 0 Å². The Bertz CT molecular complexity index is 663. The van der Waals surface area contributed by atoms with E-state index in [9.17, 15) is 4.79 Å². The number of carbonyl (C=O) groups is 1. The molecule has 0 radical (unpaired) electrons. The molecule has 0 atom stereocenters. The van der Waals surface area contributed by atoms with Crippen LogP contribution in [-0.4, -0.2) is 46.5 Å². The molecular formula is C17H22Cl2N4O. The number of aromatic nitrogens is 2. The monoisotopic (exact) mass is 368 g/mol. The molecule has 0 aliphatic carbocycles. The van der Waals surface area contributed by atoms with Crippen molar-refractivity contribution < 1.29 is 4.79 Å². The van der Waals surface area contributed by atoms with E-state index in [2.05, 4.69) is 21.4 Å². The molecule has 24 heavy (non-hydrogen) atoms. The Balaban J connectivity index is 0.00000208. The summed E-state index contributed by atoms with van der Waals surface area (Å²) in [5.74, 6) is 1.17. The highest BCUT2D eigenvalue weighted by molar-refractivity contribution is 6.30. The Morgan fingerprint density at radius 3 is 2.46 bits per heavy atom. The minimum Gasteiger partial charge on any atom is -0.339 e. The van der Waals surface area contributed by atoms with E-state index < -0.39 is 0 Å². The van der Waals surface area contributed by atoms with Crippen molar-refractivity contribution in [3.05, 3.63) is 47.2 Å². The standard InChI is InChI=1S/C17H21ClN4O.ClH/c1-2-20-8-7-19-17(20)22-11-9-21(10-12-22)16(23)13-14-3-5-15(18)6-4-14;/h3-8H,2,9-13H2,1H3;1H. The lowest BCUT2D eigenvalue weighted by Crippen LogP contribution is -2.49. The molecule has 1 aliphatic heterocycles. The number of piperazine rings is 1. The molecule has 2 heterocycles. The van der Waals surface area contributed by atoms with Gasteiger partial charge in [-0.2, -0.15) is 0 Å². The summed E-state index contributed by atoms with van der Waals surface area (Å²) in [6, 6.07) is 7.47. The Hall–Kier alpha value is -1.72. The first-order chi connectivity index (χ1) is 11.2. The molecule has 0 bridgehead atoms.